The number of nitrogen functional groups attached to an aromatic ring is 1. The van der Waals surface area contributed by atoms with Crippen molar-refractivity contribution in [2.24, 2.45) is 0 Å². The Bertz CT molecular complexity index is 532. The predicted octanol–water partition coefficient (Wildman–Crippen LogP) is 3.89. The molecule has 3 N–H and O–H groups in total. The minimum Gasteiger partial charge on any atom is -0.399 e. The smallest absolute Gasteiger partial charge is 0.128 e. The highest BCUT2D eigenvalue weighted by Crippen LogP contribution is 2.23. The third-order valence-electron chi connectivity index (χ3n) is 2.85. The minimum atomic E-state index is -0.196. The average molecular weight is 244 g/mol. The number of anilines is 2. The second-order valence-electron chi connectivity index (χ2n) is 4.52. The van der Waals surface area contributed by atoms with Gasteiger partial charge in [-0.15, -0.1) is 0 Å². The Hall–Kier alpha value is -2.03. The van der Waals surface area contributed by atoms with E-state index in [0.717, 1.165) is 11.3 Å². The fraction of sp³-hybridized carbons (Fsp3) is 0.200. The molecule has 0 radical (unpaired) electrons. The van der Waals surface area contributed by atoms with Crippen LogP contribution in [-0.2, 0) is 0 Å². The van der Waals surface area contributed by atoms with E-state index in [0.29, 0.717) is 11.3 Å². The van der Waals surface area contributed by atoms with Gasteiger partial charge in [-0.05, 0) is 43.7 Å². The predicted molar refractivity (Wildman–Crippen MR) is 74.0 cm³/mol. The maximum atomic E-state index is 13.6. The molecule has 94 valence electrons. The molecule has 0 aromatic heterocycles. The number of hydrogen-bond acceptors (Lipinski definition) is 2. The molecule has 0 bridgehead atoms. The molecule has 0 aliphatic rings. The monoisotopic (exact) mass is 244 g/mol. The van der Waals surface area contributed by atoms with Gasteiger partial charge in [0.1, 0.15) is 5.82 Å². The Kier molecular flexibility index (Phi) is 3.51. The first-order chi connectivity index (χ1) is 8.56. The summed E-state index contributed by atoms with van der Waals surface area (Å²) in [5.74, 6) is -0.196. The van der Waals surface area contributed by atoms with Crippen LogP contribution in [-0.4, -0.2) is 0 Å². The van der Waals surface area contributed by atoms with Crippen molar-refractivity contribution in [3.05, 3.63) is 59.4 Å². The molecule has 0 saturated carbocycles. The van der Waals surface area contributed by atoms with Crippen molar-refractivity contribution in [1.82, 2.24) is 0 Å². The summed E-state index contributed by atoms with van der Waals surface area (Å²) in [4.78, 5) is 0. The Morgan fingerprint density at radius 3 is 2.56 bits per heavy atom. The molecular formula is C15H17FN2. The first kappa shape index (κ1) is 12.4. The van der Waals surface area contributed by atoms with Crippen LogP contribution in [0.4, 0.5) is 15.8 Å². The molecule has 0 aliphatic heterocycles. The van der Waals surface area contributed by atoms with Gasteiger partial charge in [0, 0.05) is 16.9 Å². The quantitative estimate of drug-likeness (QED) is 0.804. The zero-order valence-corrected chi connectivity index (χ0v) is 10.6. The van der Waals surface area contributed by atoms with E-state index in [-0.39, 0.29) is 11.9 Å². The molecule has 1 atom stereocenters. The topological polar surface area (TPSA) is 38.0 Å². The Morgan fingerprint density at radius 2 is 1.89 bits per heavy atom. The summed E-state index contributed by atoms with van der Waals surface area (Å²) in [7, 11) is 0. The van der Waals surface area contributed by atoms with Crippen molar-refractivity contribution in [2.45, 2.75) is 19.9 Å². The van der Waals surface area contributed by atoms with E-state index in [1.807, 2.05) is 38.1 Å². The maximum absolute atomic E-state index is 13.6. The summed E-state index contributed by atoms with van der Waals surface area (Å²) in [5, 5.41) is 3.26. The summed E-state index contributed by atoms with van der Waals surface area (Å²) in [6.07, 6.45) is 0. The van der Waals surface area contributed by atoms with Gasteiger partial charge in [0.2, 0.25) is 0 Å². The Labute approximate surface area is 107 Å². The van der Waals surface area contributed by atoms with Gasteiger partial charge in [-0.1, -0.05) is 18.2 Å². The van der Waals surface area contributed by atoms with Crippen LogP contribution in [0.1, 0.15) is 24.1 Å². The van der Waals surface area contributed by atoms with Gasteiger partial charge in [0.05, 0.1) is 6.04 Å². The van der Waals surface area contributed by atoms with Crippen LogP contribution in [0.5, 0.6) is 0 Å². The SMILES string of the molecule is Cc1cc(N)cc(NC(C)c2ccccc2F)c1. The van der Waals surface area contributed by atoms with Crippen LogP contribution in [0.3, 0.4) is 0 Å². The molecule has 2 aromatic carbocycles. The van der Waals surface area contributed by atoms with Crippen molar-refractivity contribution in [3.8, 4) is 0 Å². The van der Waals surface area contributed by atoms with E-state index in [1.165, 1.54) is 6.07 Å². The van der Waals surface area contributed by atoms with Gasteiger partial charge in [-0.2, -0.15) is 0 Å². The van der Waals surface area contributed by atoms with E-state index < -0.39 is 0 Å². The summed E-state index contributed by atoms with van der Waals surface area (Å²) in [6, 6.07) is 12.4. The van der Waals surface area contributed by atoms with Crippen molar-refractivity contribution in [2.75, 3.05) is 11.1 Å². The van der Waals surface area contributed by atoms with Crippen LogP contribution < -0.4 is 11.1 Å². The second kappa shape index (κ2) is 5.08. The van der Waals surface area contributed by atoms with Gasteiger partial charge in [0.25, 0.3) is 0 Å². The fourth-order valence-corrected chi connectivity index (χ4v) is 2.05. The Morgan fingerprint density at radius 1 is 1.17 bits per heavy atom. The molecule has 2 aromatic rings. The molecule has 0 saturated heterocycles. The second-order valence-corrected chi connectivity index (χ2v) is 4.52. The highest BCUT2D eigenvalue weighted by atomic mass is 19.1. The first-order valence-corrected chi connectivity index (χ1v) is 5.94. The van der Waals surface area contributed by atoms with Crippen molar-refractivity contribution < 1.29 is 4.39 Å². The van der Waals surface area contributed by atoms with Crippen LogP contribution in [0.2, 0.25) is 0 Å². The number of nitrogens with one attached hydrogen (secondary N) is 1. The molecule has 2 rings (SSSR count). The number of aryl methyl sites for hydroxylation is 1. The van der Waals surface area contributed by atoms with E-state index in [1.54, 1.807) is 12.1 Å². The van der Waals surface area contributed by atoms with Gasteiger partial charge in [-0.25, -0.2) is 4.39 Å². The third kappa shape index (κ3) is 2.80. The van der Waals surface area contributed by atoms with E-state index in [9.17, 15) is 4.39 Å². The van der Waals surface area contributed by atoms with E-state index >= 15 is 0 Å². The number of nitrogens with two attached hydrogens (primary N) is 1. The van der Waals surface area contributed by atoms with Crippen LogP contribution in [0, 0.1) is 12.7 Å². The lowest BCUT2D eigenvalue weighted by Crippen LogP contribution is -2.08. The molecule has 3 heteroatoms. The molecule has 0 fully saturated rings. The van der Waals surface area contributed by atoms with Crippen LogP contribution >= 0.6 is 0 Å². The van der Waals surface area contributed by atoms with E-state index in [2.05, 4.69) is 5.32 Å². The summed E-state index contributed by atoms with van der Waals surface area (Å²) < 4.78 is 13.6. The van der Waals surface area contributed by atoms with Crippen LogP contribution in [0.15, 0.2) is 42.5 Å². The standard InChI is InChI=1S/C15H17FN2/c1-10-7-12(17)9-13(8-10)18-11(2)14-5-3-4-6-15(14)16/h3-9,11,18H,17H2,1-2H3. The highest BCUT2D eigenvalue weighted by molar-refractivity contribution is 5.57. The molecule has 18 heavy (non-hydrogen) atoms. The van der Waals surface area contributed by atoms with Crippen molar-refractivity contribution in [1.29, 1.82) is 0 Å². The number of rotatable bonds is 3. The van der Waals surface area contributed by atoms with Gasteiger partial charge < -0.3 is 11.1 Å². The molecule has 0 heterocycles. The molecule has 0 amide bonds. The van der Waals surface area contributed by atoms with Crippen molar-refractivity contribution >= 4 is 11.4 Å². The number of benzene rings is 2. The largest absolute Gasteiger partial charge is 0.399 e. The zero-order valence-electron chi connectivity index (χ0n) is 10.6. The Balaban J connectivity index is 2.21. The summed E-state index contributed by atoms with van der Waals surface area (Å²) in [5.41, 5.74) is 9.13. The molecule has 0 spiro atoms. The molecule has 0 aliphatic carbocycles. The summed E-state index contributed by atoms with van der Waals surface area (Å²) in [6.45, 7) is 3.91. The van der Waals surface area contributed by atoms with Gasteiger partial charge in [0.15, 0.2) is 0 Å². The van der Waals surface area contributed by atoms with E-state index in [4.69, 9.17) is 5.73 Å². The van der Waals surface area contributed by atoms with Crippen LogP contribution in [0.25, 0.3) is 0 Å². The zero-order chi connectivity index (χ0) is 13.1. The summed E-state index contributed by atoms with van der Waals surface area (Å²) >= 11 is 0. The first-order valence-electron chi connectivity index (χ1n) is 5.94. The molecular weight excluding hydrogens is 227 g/mol. The average Bonchev–Trinajstić information content (AvgIpc) is 2.27. The normalized spacial score (nSPS) is 12.2. The maximum Gasteiger partial charge on any atom is 0.128 e. The van der Waals surface area contributed by atoms with Gasteiger partial charge in [-0.3, -0.25) is 0 Å². The van der Waals surface area contributed by atoms with Gasteiger partial charge >= 0.3 is 0 Å². The lowest BCUT2D eigenvalue weighted by atomic mass is 10.1. The van der Waals surface area contributed by atoms with Crippen molar-refractivity contribution in [3.63, 3.8) is 0 Å². The lowest BCUT2D eigenvalue weighted by Gasteiger charge is -2.17. The highest BCUT2D eigenvalue weighted by Gasteiger charge is 2.10. The number of halogens is 1. The minimum absolute atomic E-state index is 0.104. The molecule has 2 nitrogen and oxygen atoms in total. The number of hydrogen-bond donors (Lipinski definition) is 2. The molecule has 1 unspecified atom stereocenters. The fourth-order valence-electron chi connectivity index (χ4n) is 2.05. The lowest BCUT2D eigenvalue weighted by molar-refractivity contribution is 0.600. The third-order valence-corrected chi connectivity index (χ3v) is 2.85.